The Hall–Kier alpha value is -2.09. The molecule has 3 aromatic rings. The average Bonchev–Trinajstić information content (AvgIpc) is 3.08. The summed E-state index contributed by atoms with van der Waals surface area (Å²) in [6, 6.07) is 7.47. The van der Waals surface area contributed by atoms with Gasteiger partial charge in [-0.2, -0.15) is 0 Å². The maximum atomic E-state index is 6.10. The molecule has 0 aliphatic carbocycles. The zero-order chi connectivity index (χ0) is 19.3. The third-order valence-electron chi connectivity index (χ3n) is 4.75. The van der Waals surface area contributed by atoms with Crippen molar-refractivity contribution < 1.29 is 0 Å². The zero-order valence-corrected chi connectivity index (χ0v) is 17.5. The molecule has 2 aromatic heterocycles. The van der Waals surface area contributed by atoms with Gasteiger partial charge in [0.1, 0.15) is 16.9 Å². The maximum Gasteiger partial charge on any atom is 0.163 e. The van der Waals surface area contributed by atoms with Crippen LogP contribution >= 0.6 is 35.2 Å². The van der Waals surface area contributed by atoms with Crippen molar-refractivity contribution in [2.24, 2.45) is 10.7 Å². The van der Waals surface area contributed by atoms with E-state index in [1.54, 1.807) is 11.3 Å². The van der Waals surface area contributed by atoms with Gasteiger partial charge in [-0.15, -0.1) is 21.5 Å². The molecule has 0 saturated heterocycles. The van der Waals surface area contributed by atoms with Crippen LogP contribution in [0.5, 0.6) is 0 Å². The molecule has 27 heavy (non-hydrogen) atoms. The van der Waals surface area contributed by atoms with Crippen molar-refractivity contribution in [1.82, 2.24) is 14.8 Å². The Kier molecular flexibility index (Phi) is 4.61. The fraction of sp³-hybridized carbons (Fsp3) is 0.263. The summed E-state index contributed by atoms with van der Waals surface area (Å²) in [6.45, 7) is 6.21. The minimum absolute atomic E-state index is 0.284. The Balaban J connectivity index is 2.04. The molecular weight excluding hydrogens is 398 g/mol. The van der Waals surface area contributed by atoms with Gasteiger partial charge in [0, 0.05) is 27.4 Å². The number of halogens is 1. The number of thiocarbonyl (C=S) groups is 1. The van der Waals surface area contributed by atoms with Crippen molar-refractivity contribution in [3.05, 3.63) is 62.5 Å². The average molecular weight is 416 g/mol. The van der Waals surface area contributed by atoms with Crippen LogP contribution < -0.4 is 5.73 Å². The summed E-state index contributed by atoms with van der Waals surface area (Å²) in [5, 5.41) is 10.5. The predicted octanol–water partition coefficient (Wildman–Crippen LogP) is 4.48. The van der Waals surface area contributed by atoms with E-state index in [1.807, 2.05) is 31.2 Å². The Morgan fingerprint density at radius 1 is 1.22 bits per heavy atom. The largest absolute Gasteiger partial charge is 0.393 e. The topological polar surface area (TPSA) is 69.1 Å². The number of nitrogens with zero attached hydrogens (tertiary/aromatic N) is 4. The molecule has 1 aliphatic heterocycles. The summed E-state index contributed by atoms with van der Waals surface area (Å²) in [5.74, 6) is 1.60. The summed E-state index contributed by atoms with van der Waals surface area (Å²) in [6.07, 6.45) is 0.442. The smallest absolute Gasteiger partial charge is 0.163 e. The molecule has 8 heteroatoms. The van der Waals surface area contributed by atoms with E-state index in [4.69, 9.17) is 34.5 Å². The van der Waals surface area contributed by atoms with Gasteiger partial charge in [0.2, 0.25) is 0 Å². The second kappa shape index (κ2) is 6.82. The van der Waals surface area contributed by atoms with E-state index in [-0.39, 0.29) is 6.04 Å². The third kappa shape index (κ3) is 3.09. The summed E-state index contributed by atoms with van der Waals surface area (Å²) in [4.78, 5) is 6.73. The number of nitrogens with two attached hydrogens (primary N) is 1. The van der Waals surface area contributed by atoms with Crippen LogP contribution in [0.4, 0.5) is 0 Å². The second-order valence-electron chi connectivity index (χ2n) is 6.58. The number of aromatic nitrogens is 3. The Bertz CT molecular complexity index is 1080. The van der Waals surface area contributed by atoms with Crippen LogP contribution in [0, 0.1) is 20.8 Å². The summed E-state index contributed by atoms with van der Waals surface area (Å²) in [5.41, 5.74) is 10.1. The SMILES string of the molecule is Cc1sc2c(c1C)C(c1ccc(Cl)cc1)=N[C@@H](CC(N)=S)c1nnc(C)n1-2. The van der Waals surface area contributed by atoms with Crippen molar-refractivity contribution in [2.45, 2.75) is 33.2 Å². The molecule has 1 aliphatic rings. The van der Waals surface area contributed by atoms with E-state index in [2.05, 4.69) is 28.6 Å². The summed E-state index contributed by atoms with van der Waals surface area (Å²) < 4.78 is 2.09. The molecule has 3 heterocycles. The van der Waals surface area contributed by atoms with Gasteiger partial charge in [-0.25, -0.2) is 0 Å². The molecule has 1 aromatic carbocycles. The quantitative estimate of drug-likeness (QED) is 0.640. The van der Waals surface area contributed by atoms with Gasteiger partial charge >= 0.3 is 0 Å². The molecule has 0 radical (unpaired) electrons. The van der Waals surface area contributed by atoms with Crippen LogP contribution in [-0.4, -0.2) is 25.5 Å². The van der Waals surface area contributed by atoms with Gasteiger partial charge in [-0.1, -0.05) is 36.0 Å². The predicted molar refractivity (Wildman–Crippen MR) is 115 cm³/mol. The summed E-state index contributed by atoms with van der Waals surface area (Å²) >= 11 is 13.0. The number of thiophene rings is 1. The van der Waals surface area contributed by atoms with Gasteiger partial charge in [0.25, 0.3) is 0 Å². The van der Waals surface area contributed by atoms with E-state index in [0.717, 1.165) is 33.5 Å². The maximum absolute atomic E-state index is 6.10. The van der Waals surface area contributed by atoms with Crippen LogP contribution in [0.1, 0.15) is 45.7 Å². The highest BCUT2D eigenvalue weighted by Crippen LogP contribution is 2.39. The molecule has 0 amide bonds. The molecular formula is C19H18ClN5S2. The lowest BCUT2D eigenvalue weighted by Gasteiger charge is -2.12. The van der Waals surface area contributed by atoms with Gasteiger partial charge in [0.15, 0.2) is 5.82 Å². The first-order chi connectivity index (χ1) is 12.9. The normalized spacial score (nSPS) is 15.7. The van der Waals surface area contributed by atoms with Crippen LogP contribution in [0.3, 0.4) is 0 Å². The monoisotopic (exact) mass is 415 g/mol. The van der Waals surface area contributed by atoms with Crippen molar-refractivity contribution in [1.29, 1.82) is 0 Å². The van der Waals surface area contributed by atoms with E-state index in [0.29, 0.717) is 16.4 Å². The second-order valence-corrected chi connectivity index (χ2v) is 8.74. The first-order valence-corrected chi connectivity index (χ1v) is 10.1. The molecule has 4 rings (SSSR count). The Morgan fingerprint density at radius 3 is 2.59 bits per heavy atom. The van der Waals surface area contributed by atoms with Gasteiger partial charge in [-0.3, -0.25) is 9.56 Å². The minimum Gasteiger partial charge on any atom is -0.393 e. The standard InChI is InChI=1S/C19H18ClN5S2/c1-9-10(2)27-19-16(9)17(12-4-6-13(20)7-5-12)22-14(8-15(21)26)18-24-23-11(3)25(18)19/h4-7,14H,8H2,1-3H3,(H2,21,26)/t14-/m0/s1. The van der Waals surface area contributed by atoms with Crippen LogP contribution in [-0.2, 0) is 0 Å². The molecule has 0 saturated carbocycles. The van der Waals surface area contributed by atoms with E-state index in [1.165, 1.54) is 10.4 Å². The number of hydrogen-bond donors (Lipinski definition) is 1. The van der Waals surface area contributed by atoms with Crippen LogP contribution in [0.15, 0.2) is 29.3 Å². The molecule has 0 bridgehead atoms. The lowest BCUT2D eigenvalue weighted by atomic mass is 9.99. The lowest BCUT2D eigenvalue weighted by molar-refractivity contribution is 0.687. The van der Waals surface area contributed by atoms with Crippen LogP contribution in [0.25, 0.3) is 5.00 Å². The molecule has 1 atom stereocenters. The lowest BCUT2D eigenvalue weighted by Crippen LogP contribution is -2.15. The first kappa shape index (κ1) is 18.3. The highest BCUT2D eigenvalue weighted by atomic mass is 35.5. The number of rotatable bonds is 3. The molecule has 0 spiro atoms. The molecule has 5 nitrogen and oxygen atoms in total. The summed E-state index contributed by atoms with van der Waals surface area (Å²) in [7, 11) is 0. The number of fused-ring (bicyclic) bond motifs is 3. The number of aryl methyl sites for hydroxylation is 2. The number of hydrogen-bond acceptors (Lipinski definition) is 5. The number of benzene rings is 1. The van der Waals surface area contributed by atoms with E-state index >= 15 is 0 Å². The van der Waals surface area contributed by atoms with E-state index in [9.17, 15) is 0 Å². The molecule has 0 unspecified atom stereocenters. The fourth-order valence-electron chi connectivity index (χ4n) is 3.32. The van der Waals surface area contributed by atoms with E-state index < -0.39 is 0 Å². The van der Waals surface area contributed by atoms with Crippen molar-refractivity contribution in [3.63, 3.8) is 0 Å². The van der Waals surface area contributed by atoms with Gasteiger partial charge in [-0.05, 0) is 38.5 Å². The van der Waals surface area contributed by atoms with Crippen molar-refractivity contribution in [2.75, 3.05) is 0 Å². The van der Waals surface area contributed by atoms with Crippen molar-refractivity contribution in [3.8, 4) is 5.00 Å². The minimum atomic E-state index is -0.284. The Morgan fingerprint density at radius 2 is 1.93 bits per heavy atom. The highest BCUT2D eigenvalue weighted by molar-refractivity contribution is 7.80. The Labute approximate surface area is 171 Å². The molecule has 138 valence electrons. The van der Waals surface area contributed by atoms with Crippen molar-refractivity contribution >= 4 is 45.9 Å². The fourth-order valence-corrected chi connectivity index (χ4v) is 4.82. The highest BCUT2D eigenvalue weighted by Gasteiger charge is 2.31. The van der Waals surface area contributed by atoms with Gasteiger partial charge < -0.3 is 5.73 Å². The molecule has 0 fully saturated rings. The molecule has 2 N–H and O–H groups in total. The number of aliphatic imine (C=N–C) groups is 1. The zero-order valence-electron chi connectivity index (χ0n) is 15.2. The van der Waals surface area contributed by atoms with Crippen LogP contribution in [0.2, 0.25) is 5.02 Å². The third-order valence-corrected chi connectivity index (χ3v) is 6.36. The van der Waals surface area contributed by atoms with Gasteiger partial charge in [0.05, 0.1) is 10.7 Å². The first-order valence-electron chi connectivity index (χ1n) is 8.51.